The van der Waals surface area contributed by atoms with E-state index in [1.807, 2.05) is 53.5 Å². The first kappa shape index (κ1) is 25.5. The molecule has 2 amide bonds. The van der Waals surface area contributed by atoms with Crippen LogP contribution in [0.5, 0.6) is 5.75 Å². The van der Waals surface area contributed by atoms with Gasteiger partial charge in [-0.1, -0.05) is 11.6 Å². The van der Waals surface area contributed by atoms with Gasteiger partial charge >= 0.3 is 0 Å². The summed E-state index contributed by atoms with van der Waals surface area (Å²) in [5.41, 5.74) is 0.779. The molecule has 0 atom stereocenters. The average Bonchev–Trinajstić information content (AvgIpc) is 3.28. The largest absolute Gasteiger partial charge is 0.493 e. The van der Waals surface area contributed by atoms with Crippen molar-refractivity contribution in [2.45, 2.75) is 32.1 Å². The lowest BCUT2D eigenvalue weighted by molar-refractivity contribution is -0.139. The van der Waals surface area contributed by atoms with Crippen molar-refractivity contribution in [3.8, 4) is 5.75 Å². The van der Waals surface area contributed by atoms with E-state index < -0.39 is 0 Å². The van der Waals surface area contributed by atoms with Crippen LogP contribution in [0.4, 0.5) is 0 Å². The Morgan fingerprint density at radius 1 is 0.971 bits per heavy atom. The average molecular weight is 502 g/mol. The lowest BCUT2D eigenvalue weighted by Crippen LogP contribution is -2.51. The van der Waals surface area contributed by atoms with Gasteiger partial charge in [0.15, 0.2) is 0 Å². The van der Waals surface area contributed by atoms with Gasteiger partial charge in [0.25, 0.3) is 0 Å². The molecule has 9 heteroatoms. The molecule has 2 aliphatic rings. The van der Waals surface area contributed by atoms with Crippen molar-refractivity contribution in [3.63, 3.8) is 0 Å². The van der Waals surface area contributed by atoms with Gasteiger partial charge in [-0.3, -0.25) is 14.3 Å². The minimum absolute atomic E-state index is 0.159. The number of amides is 2. The van der Waals surface area contributed by atoms with E-state index in [0.717, 1.165) is 50.3 Å². The van der Waals surface area contributed by atoms with Crippen molar-refractivity contribution < 1.29 is 14.3 Å². The number of aromatic nitrogens is 2. The summed E-state index contributed by atoms with van der Waals surface area (Å²) in [6, 6.07) is 7.33. The Bertz CT molecular complexity index is 993. The van der Waals surface area contributed by atoms with Gasteiger partial charge in [0, 0.05) is 75.8 Å². The summed E-state index contributed by atoms with van der Waals surface area (Å²) in [5.74, 6) is 1.09. The molecule has 0 N–H and O–H groups in total. The number of piperazine rings is 1. The van der Waals surface area contributed by atoms with Crippen LogP contribution in [0.25, 0.3) is 0 Å². The molecule has 2 fully saturated rings. The van der Waals surface area contributed by atoms with Crippen LogP contribution in [0.3, 0.4) is 0 Å². The standard InChI is InChI=1S/C26H36ClN5O3/c1-29-13-15-32(16-14-29)25(34)17-26(20-35-23-6-4-22(27)5-7-23)9-11-31(12-10-26)24(33)8-3-21-18-28-30(2)19-21/h4-7,18-19H,3,8-17,20H2,1-2H3. The Balaban J connectivity index is 1.37. The highest BCUT2D eigenvalue weighted by Gasteiger charge is 2.40. The fourth-order valence-corrected chi connectivity index (χ4v) is 4.99. The number of nitrogens with zero attached hydrogens (tertiary/aromatic N) is 5. The van der Waals surface area contributed by atoms with Gasteiger partial charge in [0.2, 0.25) is 11.8 Å². The van der Waals surface area contributed by atoms with Crippen LogP contribution in [0.2, 0.25) is 5.02 Å². The maximum absolute atomic E-state index is 13.3. The van der Waals surface area contributed by atoms with Crippen LogP contribution in [-0.2, 0) is 23.1 Å². The molecule has 0 unspecified atom stereocenters. The Morgan fingerprint density at radius 2 is 1.63 bits per heavy atom. The van der Waals surface area contributed by atoms with E-state index in [1.165, 1.54) is 0 Å². The molecule has 2 aliphatic heterocycles. The zero-order chi connectivity index (χ0) is 24.8. The lowest BCUT2D eigenvalue weighted by atomic mass is 9.75. The molecular weight excluding hydrogens is 466 g/mol. The fourth-order valence-electron chi connectivity index (χ4n) is 4.87. The van der Waals surface area contributed by atoms with Gasteiger partial charge in [0.05, 0.1) is 12.8 Å². The van der Waals surface area contributed by atoms with Crippen molar-refractivity contribution >= 4 is 23.4 Å². The highest BCUT2D eigenvalue weighted by molar-refractivity contribution is 6.30. The molecule has 1 aromatic carbocycles. The van der Waals surface area contributed by atoms with E-state index in [2.05, 4.69) is 17.0 Å². The maximum Gasteiger partial charge on any atom is 0.223 e. The Kier molecular flexibility index (Phi) is 8.34. The van der Waals surface area contributed by atoms with Gasteiger partial charge in [-0.15, -0.1) is 0 Å². The molecule has 8 nitrogen and oxygen atoms in total. The number of carbonyl (C=O) groups is 2. The van der Waals surface area contributed by atoms with Crippen molar-refractivity contribution in [2.75, 3.05) is 52.9 Å². The number of halogens is 1. The molecule has 35 heavy (non-hydrogen) atoms. The molecule has 0 bridgehead atoms. The summed E-state index contributed by atoms with van der Waals surface area (Å²) >= 11 is 6.01. The van der Waals surface area contributed by atoms with Crippen LogP contribution in [0.1, 0.15) is 31.2 Å². The number of rotatable bonds is 8. The second-order valence-corrected chi connectivity index (χ2v) is 10.4. The van der Waals surface area contributed by atoms with Gasteiger partial charge in [0.1, 0.15) is 5.75 Å². The smallest absolute Gasteiger partial charge is 0.223 e. The number of likely N-dealkylation sites (tertiary alicyclic amines) is 1. The monoisotopic (exact) mass is 501 g/mol. The molecular formula is C26H36ClN5O3. The second-order valence-electron chi connectivity index (χ2n) is 10.0. The predicted octanol–water partition coefficient (Wildman–Crippen LogP) is 2.86. The van der Waals surface area contributed by atoms with Crippen LogP contribution in [-0.4, -0.2) is 89.2 Å². The minimum Gasteiger partial charge on any atom is -0.493 e. The number of benzene rings is 1. The van der Waals surface area contributed by atoms with Crippen molar-refractivity contribution in [2.24, 2.45) is 12.5 Å². The molecule has 1 aromatic heterocycles. The highest BCUT2D eigenvalue weighted by Crippen LogP contribution is 2.37. The van der Waals surface area contributed by atoms with Crippen LogP contribution < -0.4 is 4.74 Å². The van der Waals surface area contributed by atoms with Crippen molar-refractivity contribution in [1.29, 1.82) is 0 Å². The second kappa shape index (κ2) is 11.4. The third-order valence-electron chi connectivity index (χ3n) is 7.30. The first-order valence-electron chi connectivity index (χ1n) is 12.4. The SMILES string of the molecule is CN1CCN(C(=O)CC2(COc3ccc(Cl)cc3)CCN(C(=O)CCc3cnn(C)c3)CC2)CC1. The van der Waals surface area contributed by atoms with E-state index in [-0.39, 0.29) is 17.2 Å². The number of piperidine rings is 1. The topological polar surface area (TPSA) is 70.9 Å². The third-order valence-corrected chi connectivity index (χ3v) is 7.56. The molecule has 0 radical (unpaired) electrons. The minimum atomic E-state index is -0.291. The first-order valence-corrected chi connectivity index (χ1v) is 12.8. The van der Waals surface area contributed by atoms with Gasteiger partial charge in [-0.2, -0.15) is 5.10 Å². The quantitative estimate of drug-likeness (QED) is 0.556. The summed E-state index contributed by atoms with van der Waals surface area (Å²) < 4.78 is 7.92. The number of hydrogen-bond donors (Lipinski definition) is 0. The van der Waals surface area contributed by atoms with E-state index in [4.69, 9.17) is 16.3 Å². The number of ether oxygens (including phenoxy) is 1. The highest BCUT2D eigenvalue weighted by atomic mass is 35.5. The molecule has 3 heterocycles. The van der Waals surface area contributed by atoms with Crippen molar-refractivity contribution in [1.82, 2.24) is 24.5 Å². The Hall–Kier alpha value is -2.58. The Labute approximate surface area is 212 Å². The normalized spacial score (nSPS) is 18.5. The van der Waals surface area contributed by atoms with Crippen molar-refractivity contribution in [3.05, 3.63) is 47.2 Å². The molecule has 0 spiro atoms. The summed E-state index contributed by atoms with van der Waals surface area (Å²) in [6.45, 7) is 5.08. The number of carbonyl (C=O) groups excluding carboxylic acids is 2. The molecule has 0 aliphatic carbocycles. The summed E-state index contributed by atoms with van der Waals surface area (Å²) in [6.07, 6.45) is 6.87. The zero-order valence-electron chi connectivity index (χ0n) is 20.8. The molecule has 190 valence electrons. The summed E-state index contributed by atoms with van der Waals surface area (Å²) in [7, 11) is 3.97. The lowest BCUT2D eigenvalue weighted by Gasteiger charge is -2.43. The molecule has 2 aromatic rings. The van der Waals surface area contributed by atoms with E-state index >= 15 is 0 Å². The number of likely N-dealkylation sites (N-methyl/N-ethyl adjacent to an activating group) is 1. The van der Waals surface area contributed by atoms with Gasteiger partial charge < -0.3 is 19.4 Å². The first-order chi connectivity index (χ1) is 16.8. The molecule has 4 rings (SSSR count). The van der Waals surface area contributed by atoms with E-state index in [0.29, 0.717) is 44.0 Å². The summed E-state index contributed by atoms with van der Waals surface area (Å²) in [4.78, 5) is 32.3. The third kappa shape index (κ3) is 6.98. The van der Waals surface area contributed by atoms with E-state index in [1.54, 1.807) is 4.68 Å². The summed E-state index contributed by atoms with van der Waals surface area (Å²) in [5, 5.41) is 4.84. The van der Waals surface area contributed by atoms with Crippen LogP contribution >= 0.6 is 11.6 Å². The fraction of sp³-hybridized carbons (Fsp3) is 0.577. The van der Waals surface area contributed by atoms with Crippen LogP contribution in [0, 0.1) is 5.41 Å². The molecule has 2 saturated heterocycles. The number of hydrogen-bond acceptors (Lipinski definition) is 5. The Morgan fingerprint density at radius 3 is 2.26 bits per heavy atom. The van der Waals surface area contributed by atoms with Gasteiger partial charge in [-0.05, 0) is 56.1 Å². The molecule has 0 saturated carbocycles. The van der Waals surface area contributed by atoms with Gasteiger partial charge in [-0.25, -0.2) is 0 Å². The maximum atomic E-state index is 13.3. The van der Waals surface area contributed by atoms with E-state index in [9.17, 15) is 9.59 Å². The zero-order valence-corrected chi connectivity index (χ0v) is 21.5. The number of aryl methyl sites for hydroxylation is 2. The van der Waals surface area contributed by atoms with Crippen LogP contribution in [0.15, 0.2) is 36.7 Å². The predicted molar refractivity (Wildman–Crippen MR) is 135 cm³/mol.